The molecule has 0 saturated carbocycles. The molecular formula is C8H7IO2. The molecule has 0 aliphatic heterocycles. The van der Waals surface area contributed by atoms with Crippen molar-refractivity contribution in [3.05, 3.63) is 33.4 Å². The summed E-state index contributed by atoms with van der Waals surface area (Å²) in [5.41, 5.74) is 0.563. The first-order valence-electron chi connectivity index (χ1n) is 3.13. The molecule has 0 bridgehead atoms. The highest BCUT2D eigenvalue weighted by Gasteiger charge is 2.01. The topological polar surface area (TPSA) is 37.3 Å². The van der Waals surface area contributed by atoms with Crippen molar-refractivity contribution in [3.63, 3.8) is 0 Å². The van der Waals surface area contributed by atoms with Crippen LogP contribution in [0.15, 0.2) is 24.3 Å². The first kappa shape index (κ1) is 8.67. The van der Waals surface area contributed by atoms with E-state index in [1.54, 1.807) is 12.1 Å². The number of carbonyl (C=O) groups excluding carboxylic acids is 1. The maximum Gasteiger partial charge on any atom is 0.188 e. The molecule has 0 aliphatic rings. The van der Waals surface area contributed by atoms with Crippen molar-refractivity contribution < 1.29 is 9.90 Å². The van der Waals surface area contributed by atoms with Crippen molar-refractivity contribution in [3.8, 4) is 0 Å². The van der Waals surface area contributed by atoms with Crippen LogP contribution < -0.4 is 0 Å². The monoisotopic (exact) mass is 262 g/mol. The summed E-state index contributed by atoms with van der Waals surface area (Å²) in [6.07, 6.45) is 0. The fourth-order valence-corrected chi connectivity index (χ4v) is 1.09. The van der Waals surface area contributed by atoms with Crippen LogP contribution >= 0.6 is 22.6 Å². The third kappa shape index (κ3) is 2.27. The van der Waals surface area contributed by atoms with Crippen LogP contribution in [0, 0.1) is 3.57 Å². The van der Waals surface area contributed by atoms with Gasteiger partial charge in [0.2, 0.25) is 0 Å². The van der Waals surface area contributed by atoms with Gasteiger partial charge in [0.05, 0.1) is 0 Å². The molecule has 0 fully saturated rings. The smallest absolute Gasteiger partial charge is 0.188 e. The van der Waals surface area contributed by atoms with E-state index in [0.29, 0.717) is 5.56 Å². The van der Waals surface area contributed by atoms with Gasteiger partial charge in [-0.2, -0.15) is 0 Å². The van der Waals surface area contributed by atoms with E-state index in [9.17, 15) is 4.79 Å². The van der Waals surface area contributed by atoms with Gasteiger partial charge in [0.15, 0.2) is 5.78 Å². The standard InChI is InChI=1S/C8H7IO2/c9-7-3-1-6(2-4-7)8(11)5-10/h1-4,10H,5H2. The summed E-state index contributed by atoms with van der Waals surface area (Å²) >= 11 is 2.16. The fourth-order valence-electron chi connectivity index (χ4n) is 0.727. The average Bonchev–Trinajstić information content (AvgIpc) is 2.05. The second kappa shape index (κ2) is 3.82. The molecule has 11 heavy (non-hydrogen) atoms. The van der Waals surface area contributed by atoms with E-state index in [1.807, 2.05) is 12.1 Å². The highest BCUT2D eigenvalue weighted by molar-refractivity contribution is 14.1. The third-order valence-corrected chi connectivity index (χ3v) is 2.03. The zero-order valence-corrected chi connectivity index (χ0v) is 7.91. The van der Waals surface area contributed by atoms with Crippen LogP contribution in [0.2, 0.25) is 0 Å². The molecule has 0 heterocycles. The summed E-state index contributed by atoms with van der Waals surface area (Å²) in [6, 6.07) is 7.09. The van der Waals surface area contributed by atoms with E-state index in [0.717, 1.165) is 3.57 Å². The van der Waals surface area contributed by atoms with Crippen molar-refractivity contribution >= 4 is 28.4 Å². The fraction of sp³-hybridized carbons (Fsp3) is 0.125. The van der Waals surface area contributed by atoms with Crippen LogP contribution in [0.4, 0.5) is 0 Å². The SMILES string of the molecule is O=C(CO)c1ccc(I)cc1. The van der Waals surface area contributed by atoms with Gasteiger partial charge in [-0.3, -0.25) is 4.79 Å². The number of carbonyl (C=O) groups is 1. The minimum atomic E-state index is -0.416. The Bertz CT molecular complexity index is 253. The summed E-state index contributed by atoms with van der Waals surface area (Å²) in [5.74, 6) is -0.235. The number of halogens is 1. The van der Waals surface area contributed by atoms with E-state index in [2.05, 4.69) is 22.6 Å². The van der Waals surface area contributed by atoms with Crippen LogP contribution in [0.5, 0.6) is 0 Å². The molecule has 0 atom stereocenters. The van der Waals surface area contributed by atoms with Crippen molar-refractivity contribution in [2.24, 2.45) is 0 Å². The molecule has 1 rings (SSSR count). The van der Waals surface area contributed by atoms with Crippen LogP contribution in [0.25, 0.3) is 0 Å². The van der Waals surface area contributed by atoms with Gasteiger partial charge in [0.1, 0.15) is 6.61 Å². The van der Waals surface area contributed by atoms with Crippen LogP contribution in [0.1, 0.15) is 10.4 Å². The lowest BCUT2D eigenvalue weighted by molar-refractivity contribution is 0.0904. The minimum absolute atomic E-state index is 0.235. The molecule has 0 amide bonds. The average molecular weight is 262 g/mol. The lowest BCUT2D eigenvalue weighted by atomic mass is 10.1. The zero-order valence-electron chi connectivity index (χ0n) is 5.75. The highest BCUT2D eigenvalue weighted by Crippen LogP contribution is 2.06. The molecule has 0 aromatic heterocycles. The quantitative estimate of drug-likeness (QED) is 0.647. The third-order valence-electron chi connectivity index (χ3n) is 1.31. The first-order chi connectivity index (χ1) is 5.24. The molecule has 0 saturated heterocycles. The van der Waals surface area contributed by atoms with Crippen molar-refractivity contribution in [2.45, 2.75) is 0 Å². The maximum atomic E-state index is 10.9. The maximum absolute atomic E-state index is 10.9. The van der Waals surface area contributed by atoms with Gasteiger partial charge in [-0.15, -0.1) is 0 Å². The predicted octanol–water partition coefficient (Wildman–Crippen LogP) is 1.47. The Hall–Kier alpha value is -0.420. The van der Waals surface area contributed by atoms with Crippen LogP contribution in [-0.2, 0) is 0 Å². The van der Waals surface area contributed by atoms with Crippen molar-refractivity contribution in [1.82, 2.24) is 0 Å². The van der Waals surface area contributed by atoms with E-state index < -0.39 is 6.61 Å². The number of benzene rings is 1. The molecule has 1 aromatic rings. The normalized spacial score (nSPS) is 9.64. The second-order valence-corrected chi connectivity index (χ2v) is 3.33. The van der Waals surface area contributed by atoms with Crippen molar-refractivity contribution in [1.29, 1.82) is 0 Å². The Labute approximate surface area is 78.4 Å². The molecule has 0 radical (unpaired) electrons. The molecule has 1 aromatic carbocycles. The summed E-state index contributed by atoms with van der Waals surface area (Å²) in [6.45, 7) is -0.416. The lowest BCUT2D eigenvalue weighted by Crippen LogP contribution is -2.03. The van der Waals surface area contributed by atoms with Gasteiger partial charge in [-0.1, -0.05) is 12.1 Å². The zero-order chi connectivity index (χ0) is 8.27. The predicted molar refractivity (Wildman–Crippen MR) is 50.6 cm³/mol. The molecule has 58 valence electrons. The molecule has 0 unspecified atom stereocenters. The lowest BCUT2D eigenvalue weighted by Gasteiger charge is -1.95. The summed E-state index contributed by atoms with van der Waals surface area (Å²) < 4.78 is 1.08. The first-order valence-corrected chi connectivity index (χ1v) is 4.21. The van der Waals surface area contributed by atoms with Crippen LogP contribution in [-0.4, -0.2) is 17.5 Å². The Balaban J connectivity index is 2.90. The van der Waals surface area contributed by atoms with E-state index in [1.165, 1.54) is 0 Å². The van der Waals surface area contributed by atoms with Crippen LogP contribution in [0.3, 0.4) is 0 Å². The van der Waals surface area contributed by atoms with Gasteiger partial charge in [-0.25, -0.2) is 0 Å². The number of Topliss-reactive ketones (excluding diaryl/α,β-unsaturated/α-hetero) is 1. The number of rotatable bonds is 2. The Morgan fingerprint density at radius 3 is 2.36 bits per heavy atom. The summed E-state index contributed by atoms with van der Waals surface area (Å²) in [7, 11) is 0. The van der Waals surface area contributed by atoms with Gasteiger partial charge in [0.25, 0.3) is 0 Å². The van der Waals surface area contributed by atoms with Gasteiger partial charge in [-0.05, 0) is 34.7 Å². The molecular weight excluding hydrogens is 255 g/mol. The van der Waals surface area contributed by atoms with Gasteiger partial charge in [0, 0.05) is 9.13 Å². The molecule has 0 aliphatic carbocycles. The number of hydrogen-bond acceptors (Lipinski definition) is 2. The van der Waals surface area contributed by atoms with Crippen molar-refractivity contribution in [2.75, 3.05) is 6.61 Å². The van der Waals surface area contributed by atoms with E-state index in [-0.39, 0.29) is 5.78 Å². The number of aliphatic hydroxyl groups is 1. The number of aliphatic hydroxyl groups excluding tert-OH is 1. The van der Waals surface area contributed by atoms with E-state index in [4.69, 9.17) is 5.11 Å². The number of ketones is 1. The van der Waals surface area contributed by atoms with Gasteiger partial charge < -0.3 is 5.11 Å². The largest absolute Gasteiger partial charge is 0.388 e. The van der Waals surface area contributed by atoms with E-state index >= 15 is 0 Å². The van der Waals surface area contributed by atoms with Gasteiger partial charge >= 0.3 is 0 Å². The highest BCUT2D eigenvalue weighted by atomic mass is 127. The Kier molecular flexibility index (Phi) is 3.02. The molecule has 0 spiro atoms. The Morgan fingerprint density at radius 1 is 1.36 bits per heavy atom. The second-order valence-electron chi connectivity index (χ2n) is 2.09. The molecule has 3 heteroatoms. The molecule has 1 N–H and O–H groups in total. The summed E-state index contributed by atoms with van der Waals surface area (Å²) in [5, 5.41) is 8.51. The summed E-state index contributed by atoms with van der Waals surface area (Å²) in [4.78, 5) is 10.9. The Morgan fingerprint density at radius 2 is 1.91 bits per heavy atom. The number of hydrogen-bond donors (Lipinski definition) is 1. The molecule has 2 nitrogen and oxygen atoms in total. The minimum Gasteiger partial charge on any atom is -0.388 e.